The molecule has 0 amide bonds. The molecule has 0 spiro atoms. The maximum absolute atomic E-state index is 5.86. The lowest BCUT2D eigenvalue weighted by molar-refractivity contribution is 0.306. The van der Waals surface area contributed by atoms with Crippen molar-refractivity contribution < 1.29 is 4.74 Å². The van der Waals surface area contributed by atoms with E-state index < -0.39 is 0 Å². The molecule has 0 aliphatic heterocycles. The van der Waals surface area contributed by atoms with Crippen molar-refractivity contribution in [2.45, 2.75) is 13.2 Å². The molecule has 0 heterocycles. The summed E-state index contributed by atoms with van der Waals surface area (Å²) in [7, 11) is 0. The van der Waals surface area contributed by atoms with Crippen LogP contribution in [0, 0.1) is 0 Å². The van der Waals surface area contributed by atoms with E-state index in [-0.39, 0.29) is 0 Å². The van der Waals surface area contributed by atoms with Crippen LogP contribution in [0.2, 0.25) is 0 Å². The zero-order valence-corrected chi connectivity index (χ0v) is 12.4. The summed E-state index contributed by atoms with van der Waals surface area (Å²) < 4.78 is 5.86. The number of nitrogens with one attached hydrogen (secondary N) is 1. The van der Waals surface area contributed by atoms with Gasteiger partial charge in [-0.1, -0.05) is 60.7 Å². The molecule has 0 aromatic heterocycles. The van der Waals surface area contributed by atoms with Gasteiger partial charge in [0.25, 0.3) is 0 Å². The maximum atomic E-state index is 5.86. The highest BCUT2D eigenvalue weighted by atomic mass is 16.5. The molecular weight excluding hydrogens is 270 g/mol. The van der Waals surface area contributed by atoms with E-state index >= 15 is 0 Å². The minimum Gasteiger partial charge on any atom is -0.489 e. The van der Waals surface area contributed by atoms with E-state index in [1.54, 1.807) is 0 Å². The number of hydrogen-bond donors (Lipinski definition) is 1. The first-order valence-electron chi connectivity index (χ1n) is 7.45. The summed E-state index contributed by atoms with van der Waals surface area (Å²) in [6, 6.07) is 28.6. The number of rotatable bonds is 6. The van der Waals surface area contributed by atoms with Gasteiger partial charge in [0.1, 0.15) is 12.4 Å². The topological polar surface area (TPSA) is 21.3 Å². The van der Waals surface area contributed by atoms with Gasteiger partial charge in [0.2, 0.25) is 0 Å². The Morgan fingerprint density at radius 2 is 1.36 bits per heavy atom. The molecule has 3 aromatic carbocycles. The summed E-state index contributed by atoms with van der Waals surface area (Å²) in [5.41, 5.74) is 3.50. The van der Waals surface area contributed by atoms with Crippen LogP contribution in [0.25, 0.3) is 0 Å². The van der Waals surface area contributed by atoms with E-state index in [0.29, 0.717) is 6.61 Å². The van der Waals surface area contributed by atoms with Crippen LogP contribution in [0.3, 0.4) is 0 Å². The highest BCUT2D eigenvalue weighted by Crippen LogP contribution is 2.16. The van der Waals surface area contributed by atoms with Crippen molar-refractivity contribution in [3.8, 4) is 5.75 Å². The fourth-order valence-electron chi connectivity index (χ4n) is 2.25. The summed E-state index contributed by atoms with van der Waals surface area (Å²) >= 11 is 0. The molecule has 22 heavy (non-hydrogen) atoms. The van der Waals surface area contributed by atoms with E-state index in [9.17, 15) is 0 Å². The normalized spacial score (nSPS) is 10.2. The van der Waals surface area contributed by atoms with Crippen LogP contribution in [0.1, 0.15) is 11.1 Å². The molecule has 1 N–H and O–H groups in total. The predicted molar refractivity (Wildman–Crippen MR) is 91.0 cm³/mol. The molecule has 2 heteroatoms. The van der Waals surface area contributed by atoms with Gasteiger partial charge in [-0.3, -0.25) is 0 Å². The van der Waals surface area contributed by atoms with Gasteiger partial charge in [-0.15, -0.1) is 0 Å². The Labute approximate surface area is 131 Å². The average Bonchev–Trinajstić information content (AvgIpc) is 2.60. The third-order valence-corrected chi connectivity index (χ3v) is 3.42. The molecule has 0 bridgehead atoms. The molecule has 0 atom stereocenters. The SMILES string of the molecule is c1ccc(COc2cccc(CNc3ccccc3)c2)cc1. The van der Waals surface area contributed by atoms with Crippen molar-refractivity contribution >= 4 is 5.69 Å². The Balaban J connectivity index is 1.58. The second-order valence-corrected chi connectivity index (χ2v) is 5.14. The van der Waals surface area contributed by atoms with Gasteiger partial charge in [0, 0.05) is 12.2 Å². The minimum atomic E-state index is 0.594. The van der Waals surface area contributed by atoms with Gasteiger partial charge >= 0.3 is 0 Å². The average molecular weight is 289 g/mol. The van der Waals surface area contributed by atoms with E-state index in [1.165, 1.54) is 11.1 Å². The third-order valence-electron chi connectivity index (χ3n) is 3.42. The van der Waals surface area contributed by atoms with Crippen LogP contribution < -0.4 is 10.1 Å². The number of anilines is 1. The molecule has 0 saturated heterocycles. The van der Waals surface area contributed by atoms with Crippen LogP contribution in [0.15, 0.2) is 84.9 Å². The fraction of sp³-hybridized carbons (Fsp3) is 0.100. The molecule has 2 nitrogen and oxygen atoms in total. The van der Waals surface area contributed by atoms with Crippen molar-refractivity contribution in [3.05, 3.63) is 96.1 Å². The second-order valence-electron chi connectivity index (χ2n) is 5.14. The molecule has 0 aliphatic carbocycles. The van der Waals surface area contributed by atoms with Gasteiger partial charge in [-0.25, -0.2) is 0 Å². The Morgan fingerprint density at radius 3 is 2.14 bits per heavy atom. The number of benzene rings is 3. The predicted octanol–water partition coefficient (Wildman–Crippen LogP) is 4.88. The largest absolute Gasteiger partial charge is 0.489 e. The van der Waals surface area contributed by atoms with Crippen LogP contribution in [0.5, 0.6) is 5.75 Å². The molecule has 3 rings (SSSR count). The highest BCUT2D eigenvalue weighted by Gasteiger charge is 1.99. The van der Waals surface area contributed by atoms with E-state index in [4.69, 9.17) is 4.74 Å². The molecule has 110 valence electrons. The lowest BCUT2D eigenvalue weighted by atomic mass is 10.2. The Morgan fingerprint density at radius 1 is 0.682 bits per heavy atom. The molecule has 0 unspecified atom stereocenters. The Bertz CT molecular complexity index is 636. The number of ether oxygens (including phenoxy) is 1. The first-order chi connectivity index (χ1) is 10.9. The minimum absolute atomic E-state index is 0.594. The zero-order chi connectivity index (χ0) is 15.0. The summed E-state index contributed by atoms with van der Waals surface area (Å²) in [5, 5.41) is 3.41. The fourth-order valence-corrected chi connectivity index (χ4v) is 2.25. The van der Waals surface area contributed by atoms with Crippen molar-refractivity contribution in [2.24, 2.45) is 0 Å². The molecule has 3 aromatic rings. The third kappa shape index (κ3) is 4.13. The van der Waals surface area contributed by atoms with Crippen LogP contribution in [0.4, 0.5) is 5.69 Å². The van der Waals surface area contributed by atoms with E-state index in [0.717, 1.165) is 18.0 Å². The summed E-state index contributed by atoms with van der Waals surface area (Å²) in [5.74, 6) is 0.899. The van der Waals surface area contributed by atoms with E-state index in [2.05, 4.69) is 41.7 Å². The highest BCUT2D eigenvalue weighted by molar-refractivity contribution is 5.43. The molecular formula is C20H19NO. The van der Waals surface area contributed by atoms with Crippen molar-refractivity contribution in [1.29, 1.82) is 0 Å². The lowest BCUT2D eigenvalue weighted by Gasteiger charge is -2.10. The van der Waals surface area contributed by atoms with Crippen LogP contribution in [-0.4, -0.2) is 0 Å². The second kappa shape index (κ2) is 7.32. The van der Waals surface area contributed by atoms with Crippen molar-refractivity contribution in [1.82, 2.24) is 0 Å². The molecule has 0 aliphatic rings. The number of hydrogen-bond acceptors (Lipinski definition) is 2. The maximum Gasteiger partial charge on any atom is 0.120 e. The quantitative estimate of drug-likeness (QED) is 0.698. The first-order valence-corrected chi connectivity index (χ1v) is 7.45. The van der Waals surface area contributed by atoms with Crippen LogP contribution >= 0.6 is 0 Å². The molecule has 0 saturated carbocycles. The summed E-state index contributed by atoms with van der Waals surface area (Å²) in [6.07, 6.45) is 0. The van der Waals surface area contributed by atoms with Gasteiger partial charge in [-0.05, 0) is 35.4 Å². The van der Waals surface area contributed by atoms with Crippen molar-refractivity contribution in [2.75, 3.05) is 5.32 Å². The van der Waals surface area contributed by atoms with Gasteiger partial charge < -0.3 is 10.1 Å². The zero-order valence-electron chi connectivity index (χ0n) is 12.4. The Hall–Kier alpha value is -2.74. The smallest absolute Gasteiger partial charge is 0.120 e. The molecule has 0 fully saturated rings. The lowest BCUT2D eigenvalue weighted by Crippen LogP contribution is -2.00. The van der Waals surface area contributed by atoms with Crippen LogP contribution in [-0.2, 0) is 13.2 Å². The first kappa shape index (κ1) is 14.2. The van der Waals surface area contributed by atoms with E-state index in [1.807, 2.05) is 48.5 Å². The Kier molecular flexibility index (Phi) is 4.73. The van der Waals surface area contributed by atoms with Gasteiger partial charge in [-0.2, -0.15) is 0 Å². The summed E-state index contributed by atoms with van der Waals surface area (Å²) in [6.45, 7) is 1.38. The molecule has 0 radical (unpaired) electrons. The standard InChI is InChI=1S/C20H19NO/c1-3-8-17(9-4-1)16-22-20-13-7-10-18(14-20)15-21-19-11-5-2-6-12-19/h1-14,21H,15-16H2. The van der Waals surface area contributed by atoms with Gasteiger partial charge in [0.15, 0.2) is 0 Å². The van der Waals surface area contributed by atoms with Gasteiger partial charge in [0.05, 0.1) is 0 Å². The monoisotopic (exact) mass is 289 g/mol. The van der Waals surface area contributed by atoms with Crippen molar-refractivity contribution in [3.63, 3.8) is 0 Å². The number of para-hydroxylation sites is 1. The summed E-state index contributed by atoms with van der Waals surface area (Å²) in [4.78, 5) is 0.